The smallest absolute Gasteiger partial charge is 0.116 e. The third kappa shape index (κ3) is 2.79. The molecule has 0 heterocycles. The van der Waals surface area contributed by atoms with E-state index in [0.29, 0.717) is 5.34 Å². The summed E-state index contributed by atoms with van der Waals surface area (Å²) in [4.78, 5) is 0. The highest BCUT2D eigenvalue weighted by Gasteiger charge is 2.35. The van der Waals surface area contributed by atoms with Gasteiger partial charge in [-0.2, -0.15) is 0 Å². The average molecular weight is 193 g/mol. The average Bonchev–Trinajstić information content (AvgIpc) is 2.48. The van der Waals surface area contributed by atoms with Crippen LogP contribution in [0.1, 0.15) is 39.5 Å². The minimum atomic E-state index is 0.316. The van der Waals surface area contributed by atoms with Crippen molar-refractivity contribution in [1.82, 2.24) is 5.32 Å². The summed E-state index contributed by atoms with van der Waals surface area (Å²) < 4.78 is 0. The van der Waals surface area contributed by atoms with Gasteiger partial charge in [-0.1, -0.05) is 26.7 Å². The molecule has 1 aliphatic carbocycles. The van der Waals surface area contributed by atoms with E-state index in [1.54, 1.807) is 0 Å². The largest absolute Gasteiger partial charge is 0.330 e. The van der Waals surface area contributed by atoms with Crippen molar-refractivity contribution >= 4 is 15.7 Å². The molecule has 1 N–H and O–H groups in total. The molecule has 3 unspecified atom stereocenters. The van der Waals surface area contributed by atoms with Crippen molar-refractivity contribution in [1.29, 1.82) is 0 Å². The fraction of sp³-hybridized carbons (Fsp3) is 1.00. The first kappa shape index (κ1) is 12.2. The van der Waals surface area contributed by atoms with Crippen LogP contribution in [0.3, 0.4) is 0 Å². The van der Waals surface area contributed by atoms with Crippen molar-refractivity contribution in [2.24, 2.45) is 17.8 Å². The van der Waals surface area contributed by atoms with Gasteiger partial charge in [0, 0.05) is 0 Å². The SMILES string of the molecule is BC(B)(CC1C(C)CCC1CC)NC. The quantitative estimate of drug-likeness (QED) is 0.644. The molecule has 0 aliphatic heterocycles. The number of rotatable bonds is 4. The minimum Gasteiger partial charge on any atom is -0.330 e. The van der Waals surface area contributed by atoms with Gasteiger partial charge in [0.25, 0.3) is 0 Å². The van der Waals surface area contributed by atoms with Gasteiger partial charge < -0.3 is 5.32 Å². The van der Waals surface area contributed by atoms with Gasteiger partial charge in [0.15, 0.2) is 0 Å². The third-order valence-electron chi connectivity index (χ3n) is 4.28. The van der Waals surface area contributed by atoms with Crippen molar-refractivity contribution in [3.05, 3.63) is 0 Å². The summed E-state index contributed by atoms with van der Waals surface area (Å²) in [5, 5.41) is 3.75. The Balaban J connectivity index is 2.56. The van der Waals surface area contributed by atoms with E-state index >= 15 is 0 Å². The molecule has 1 saturated carbocycles. The molecule has 1 nitrogen and oxygen atoms in total. The summed E-state index contributed by atoms with van der Waals surface area (Å²) in [7, 11) is 6.73. The van der Waals surface area contributed by atoms with Crippen LogP contribution in [0.2, 0.25) is 0 Å². The number of nitrogens with one attached hydrogen (secondary N) is 1. The van der Waals surface area contributed by atoms with Crippen molar-refractivity contribution in [3.63, 3.8) is 0 Å². The summed E-state index contributed by atoms with van der Waals surface area (Å²) >= 11 is 0. The normalized spacial score (nSPS) is 33.5. The molecule has 3 heteroatoms. The molecule has 0 saturated heterocycles. The van der Waals surface area contributed by atoms with Crippen LogP contribution in [0.5, 0.6) is 0 Å². The molecule has 1 fully saturated rings. The molecule has 1 aliphatic rings. The van der Waals surface area contributed by atoms with Gasteiger partial charge >= 0.3 is 0 Å². The summed E-state index contributed by atoms with van der Waals surface area (Å²) in [6, 6.07) is 0. The second-order valence-corrected chi connectivity index (χ2v) is 5.72. The molecule has 14 heavy (non-hydrogen) atoms. The van der Waals surface area contributed by atoms with Crippen LogP contribution >= 0.6 is 0 Å². The first-order valence-electron chi connectivity index (χ1n) is 6.19. The second-order valence-electron chi connectivity index (χ2n) is 5.72. The Morgan fingerprint density at radius 1 is 1.36 bits per heavy atom. The minimum absolute atomic E-state index is 0.316. The lowest BCUT2D eigenvalue weighted by atomic mass is 9.56. The molecule has 0 aromatic rings. The summed E-state index contributed by atoms with van der Waals surface area (Å²) in [5.41, 5.74) is 0. The molecule has 0 aromatic carbocycles. The number of hydrogen-bond donors (Lipinski definition) is 1. The standard InChI is InChI=1S/C11H25B2N/c1-4-9-6-5-8(2)10(9)7-11(12,13)14-3/h8-10,14H,4-7,12-13H2,1-3H3. The molecular weight excluding hydrogens is 168 g/mol. The van der Waals surface area contributed by atoms with Gasteiger partial charge in [-0.15, -0.1) is 0 Å². The van der Waals surface area contributed by atoms with Gasteiger partial charge in [0.1, 0.15) is 15.7 Å². The van der Waals surface area contributed by atoms with E-state index in [2.05, 4.69) is 41.9 Å². The second kappa shape index (κ2) is 4.74. The van der Waals surface area contributed by atoms with Crippen LogP contribution < -0.4 is 5.32 Å². The lowest BCUT2D eigenvalue weighted by molar-refractivity contribution is 0.279. The van der Waals surface area contributed by atoms with Crippen LogP contribution in [-0.4, -0.2) is 28.1 Å². The van der Waals surface area contributed by atoms with Crippen LogP contribution in [0.25, 0.3) is 0 Å². The molecule has 0 amide bonds. The van der Waals surface area contributed by atoms with Crippen molar-refractivity contribution < 1.29 is 0 Å². The van der Waals surface area contributed by atoms with E-state index < -0.39 is 0 Å². The zero-order valence-corrected chi connectivity index (χ0v) is 10.6. The molecule has 0 radical (unpaired) electrons. The van der Waals surface area contributed by atoms with Crippen LogP contribution in [0, 0.1) is 17.8 Å². The Hall–Kier alpha value is 0.0899. The highest BCUT2D eigenvalue weighted by atomic mass is 14.9. The number of hydrogen-bond acceptors (Lipinski definition) is 1. The Bertz CT molecular complexity index is 182. The Morgan fingerprint density at radius 3 is 2.50 bits per heavy atom. The zero-order valence-electron chi connectivity index (χ0n) is 10.6. The first-order chi connectivity index (χ1) is 6.50. The molecule has 3 atom stereocenters. The Morgan fingerprint density at radius 2 is 2.00 bits per heavy atom. The first-order valence-corrected chi connectivity index (χ1v) is 6.19. The molecule has 0 spiro atoms. The van der Waals surface area contributed by atoms with E-state index in [9.17, 15) is 0 Å². The van der Waals surface area contributed by atoms with Crippen LogP contribution in [0.15, 0.2) is 0 Å². The van der Waals surface area contributed by atoms with Crippen molar-refractivity contribution in [2.75, 3.05) is 7.05 Å². The summed E-state index contributed by atoms with van der Waals surface area (Å²) in [6.45, 7) is 4.79. The van der Waals surface area contributed by atoms with Crippen LogP contribution in [0.4, 0.5) is 0 Å². The van der Waals surface area contributed by atoms with E-state index in [1.807, 2.05) is 0 Å². The lowest BCUT2D eigenvalue weighted by Gasteiger charge is -2.32. The van der Waals surface area contributed by atoms with E-state index in [0.717, 1.165) is 17.8 Å². The molecule has 1 rings (SSSR count). The fourth-order valence-electron chi connectivity index (χ4n) is 2.94. The van der Waals surface area contributed by atoms with E-state index in [1.165, 1.54) is 25.7 Å². The van der Waals surface area contributed by atoms with Crippen LogP contribution in [-0.2, 0) is 0 Å². The van der Waals surface area contributed by atoms with Crippen molar-refractivity contribution in [3.8, 4) is 0 Å². The Labute approximate surface area is 91.2 Å². The highest BCUT2D eigenvalue weighted by molar-refractivity contribution is 6.39. The van der Waals surface area contributed by atoms with E-state index in [4.69, 9.17) is 0 Å². The van der Waals surface area contributed by atoms with Crippen molar-refractivity contribution in [2.45, 2.75) is 44.9 Å². The van der Waals surface area contributed by atoms with Gasteiger partial charge in [-0.05, 0) is 43.0 Å². The third-order valence-corrected chi connectivity index (χ3v) is 4.28. The monoisotopic (exact) mass is 193 g/mol. The lowest BCUT2D eigenvalue weighted by Crippen LogP contribution is -2.46. The van der Waals surface area contributed by atoms with Gasteiger partial charge in [-0.25, -0.2) is 0 Å². The Kier molecular flexibility index (Phi) is 4.12. The maximum absolute atomic E-state index is 3.43. The molecule has 0 aromatic heterocycles. The zero-order chi connectivity index (χ0) is 10.8. The summed E-state index contributed by atoms with van der Waals surface area (Å²) in [6.07, 6.45) is 5.61. The predicted octanol–water partition coefficient (Wildman–Crippen LogP) is 0.588. The highest BCUT2D eigenvalue weighted by Crippen LogP contribution is 2.41. The van der Waals surface area contributed by atoms with E-state index in [-0.39, 0.29) is 0 Å². The van der Waals surface area contributed by atoms with Gasteiger partial charge in [0.2, 0.25) is 0 Å². The topological polar surface area (TPSA) is 12.0 Å². The van der Waals surface area contributed by atoms with Gasteiger partial charge in [0.05, 0.1) is 0 Å². The molecule has 80 valence electrons. The maximum atomic E-state index is 3.43. The fourth-order valence-corrected chi connectivity index (χ4v) is 2.94. The molecular formula is C11H25B2N. The predicted molar refractivity (Wildman–Crippen MR) is 69.2 cm³/mol. The summed E-state index contributed by atoms with van der Waals surface area (Å²) in [5.74, 6) is 2.87. The molecule has 0 bridgehead atoms. The van der Waals surface area contributed by atoms with Gasteiger partial charge in [-0.3, -0.25) is 0 Å². The maximum Gasteiger partial charge on any atom is 0.116 e.